The van der Waals surface area contributed by atoms with Crippen LogP contribution in [0, 0.1) is 0 Å². The smallest absolute Gasteiger partial charge is 0.275 e. The summed E-state index contributed by atoms with van der Waals surface area (Å²) in [5.74, 6) is -0.907. The molecule has 0 radical (unpaired) electrons. The number of halogens is 2. The maximum Gasteiger partial charge on any atom is 0.275 e. The van der Waals surface area contributed by atoms with Crippen LogP contribution in [0.4, 0.5) is 5.69 Å². The van der Waals surface area contributed by atoms with Crippen LogP contribution in [0.5, 0.6) is 11.5 Å². The Morgan fingerprint density at radius 2 is 2.05 bits per heavy atom. The molecule has 0 saturated carbocycles. The standard InChI is InChI=1S/C12H8BrClN2O3/c13-6-3-8(14)11(15-5-6)12(19)16-9-2-1-7(17)4-10(9)18/h1-5,17-18H,(H,16,19). The lowest BCUT2D eigenvalue weighted by atomic mass is 10.2. The molecule has 98 valence electrons. The number of pyridine rings is 1. The highest BCUT2D eigenvalue weighted by Crippen LogP contribution is 2.28. The van der Waals surface area contributed by atoms with E-state index in [-0.39, 0.29) is 27.9 Å². The number of anilines is 1. The first-order valence-electron chi connectivity index (χ1n) is 5.12. The van der Waals surface area contributed by atoms with Gasteiger partial charge in [0.25, 0.3) is 5.91 Å². The summed E-state index contributed by atoms with van der Waals surface area (Å²) in [6, 6.07) is 5.37. The minimum absolute atomic E-state index is 0.0392. The predicted octanol–water partition coefficient (Wildman–Crippen LogP) is 3.16. The summed E-state index contributed by atoms with van der Waals surface area (Å²) in [6.45, 7) is 0. The molecule has 0 bridgehead atoms. The topological polar surface area (TPSA) is 82.5 Å². The molecule has 1 aromatic carbocycles. The van der Waals surface area contributed by atoms with Gasteiger partial charge < -0.3 is 15.5 Å². The third-order valence-electron chi connectivity index (χ3n) is 2.25. The van der Waals surface area contributed by atoms with Gasteiger partial charge in [-0.25, -0.2) is 4.98 Å². The average molecular weight is 344 g/mol. The van der Waals surface area contributed by atoms with Crippen LogP contribution in [0.25, 0.3) is 0 Å². The van der Waals surface area contributed by atoms with Crippen molar-refractivity contribution in [3.8, 4) is 11.5 Å². The van der Waals surface area contributed by atoms with Gasteiger partial charge in [0.1, 0.15) is 17.2 Å². The number of benzene rings is 1. The molecule has 7 heteroatoms. The fourth-order valence-electron chi connectivity index (χ4n) is 1.39. The molecule has 0 unspecified atom stereocenters. The third-order valence-corrected chi connectivity index (χ3v) is 2.97. The number of carbonyl (C=O) groups is 1. The highest BCUT2D eigenvalue weighted by Gasteiger charge is 2.14. The number of aromatic nitrogens is 1. The Hall–Kier alpha value is -1.79. The van der Waals surface area contributed by atoms with Gasteiger partial charge in [-0.05, 0) is 34.1 Å². The van der Waals surface area contributed by atoms with Crippen molar-refractivity contribution in [1.82, 2.24) is 4.98 Å². The number of phenolic OH excluding ortho intramolecular Hbond substituents is 2. The maximum atomic E-state index is 11.9. The molecule has 1 amide bonds. The van der Waals surface area contributed by atoms with Gasteiger partial charge in [0.15, 0.2) is 0 Å². The average Bonchev–Trinajstić information content (AvgIpc) is 2.32. The van der Waals surface area contributed by atoms with Crippen LogP contribution in [0.3, 0.4) is 0 Å². The zero-order valence-corrected chi connectivity index (χ0v) is 11.7. The molecule has 0 aliphatic heterocycles. The van der Waals surface area contributed by atoms with Gasteiger partial charge in [0.2, 0.25) is 0 Å². The van der Waals surface area contributed by atoms with E-state index in [1.165, 1.54) is 18.3 Å². The van der Waals surface area contributed by atoms with Gasteiger partial charge >= 0.3 is 0 Å². The van der Waals surface area contributed by atoms with Crippen molar-refractivity contribution in [2.24, 2.45) is 0 Å². The fourth-order valence-corrected chi connectivity index (χ4v) is 2.10. The zero-order chi connectivity index (χ0) is 14.0. The largest absolute Gasteiger partial charge is 0.508 e. The minimum Gasteiger partial charge on any atom is -0.508 e. The van der Waals surface area contributed by atoms with Crippen molar-refractivity contribution in [1.29, 1.82) is 0 Å². The lowest BCUT2D eigenvalue weighted by Crippen LogP contribution is -2.14. The summed E-state index contributed by atoms with van der Waals surface area (Å²) in [6.07, 6.45) is 1.44. The summed E-state index contributed by atoms with van der Waals surface area (Å²) >= 11 is 9.09. The highest BCUT2D eigenvalue weighted by molar-refractivity contribution is 9.10. The molecule has 19 heavy (non-hydrogen) atoms. The molecular weight excluding hydrogens is 336 g/mol. The first kappa shape index (κ1) is 13.6. The first-order chi connectivity index (χ1) is 8.97. The quantitative estimate of drug-likeness (QED) is 0.578. The van der Waals surface area contributed by atoms with Crippen LogP contribution in [0.15, 0.2) is 34.9 Å². The lowest BCUT2D eigenvalue weighted by molar-refractivity contribution is 0.102. The number of rotatable bonds is 2. The molecule has 2 aromatic rings. The van der Waals surface area contributed by atoms with Crippen LogP contribution in [0.2, 0.25) is 5.02 Å². The van der Waals surface area contributed by atoms with E-state index < -0.39 is 5.91 Å². The SMILES string of the molecule is O=C(Nc1ccc(O)cc1O)c1ncc(Br)cc1Cl. The number of nitrogens with one attached hydrogen (secondary N) is 1. The number of aromatic hydroxyl groups is 2. The first-order valence-corrected chi connectivity index (χ1v) is 6.29. The zero-order valence-electron chi connectivity index (χ0n) is 9.39. The number of hydrogen-bond donors (Lipinski definition) is 3. The Bertz CT molecular complexity index is 649. The molecular formula is C12H8BrClN2O3. The van der Waals surface area contributed by atoms with Crippen LogP contribution in [-0.2, 0) is 0 Å². The predicted molar refractivity (Wildman–Crippen MR) is 74.7 cm³/mol. The van der Waals surface area contributed by atoms with Crippen LogP contribution in [0.1, 0.15) is 10.5 Å². The summed E-state index contributed by atoms with van der Waals surface area (Å²) in [7, 11) is 0. The van der Waals surface area contributed by atoms with Crippen LogP contribution >= 0.6 is 27.5 Å². The van der Waals surface area contributed by atoms with Gasteiger partial charge in [0, 0.05) is 16.7 Å². The van der Waals surface area contributed by atoms with Crippen LogP contribution in [-0.4, -0.2) is 21.1 Å². The minimum atomic E-state index is -0.557. The third kappa shape index (κ3) is 3.15. The normalized spacial score (nSPS) is 10.2. The maximum absolute atomic E-state index is 11.9. The fraction of sp³-hybridized carbons (Fsp3) is 0. The van der Waals surface area contributed by atoms with Crippen LogP contribution < -0.4 is 5.32 Å². The van der Waals surface area contributed by atoms with Gasteiger partial charge in [-0.2, -0.15) is 0 Å². The molecule has 0 atom stereocenters. The Labute approximate surface area is 122 Å². The van der Waals surface area contributed by atoms with Gasteiger partial charge in [-0.1, -0.05) is 11.6 Å². The Kier molecular flexibility index (Phi) is 3.92. The van der Waals surface area contributed by atoms with Crippen molar-refractivity contribution in [2.45, 2.75) is 0 Å². The van der Waals surface area contributed by atoms with Crippen molar-refractivity contribution in [3.63, 3.8) is 0 Å². The van der Waals surface area contributed by atoms with Gasteiger partial charge in [-0.15, -0.1) is 0 Å². The summed E-state index contributed by atoms with van der Waals surface area (Å²) in [4.78, 5) is 15.8. The van der Waals surface area contributed by atoms with Gasteiger partial charge in [0.05, 0.1) is 10.7 Å². The van der Waals surface area contributed by atoms with E-state index >= 15 is 0 Å². The molecule has 0 fully saturated rings. The van der Waals surface area contributed by atoms with Crippen molar-refractivity contribution in [2.75, 3.05) is 5.32 Å². The monoisotopic (exact) mass is 342 g/mol. The molecule has 2 rings (SSSR count). The molecule has 1 heterocycles. The van der Waals surface area contributed by atoms with E-state index in [9.17, 15) is 9.90 Å². The van der Waals surface area contributed by atoms with Crippen molar-refractivity contribution < 1.29 is 15.0 Å². The number of hydrogen-bond acceptors (Lipinski definition) is 4. The Morgan fingerprint density at radius 3 is 2.68 bits per heavy atom. The molecule has 3 N–H and O–H groups in total. The van der Waals surface area contributed by atoms with Gasteiger partial charge in [-0.3, -0.25) is 4.79 Å². The number of nitrogens with zero attached hydrogens (tertiary/aromatic N) is 1. The van der Waals surface area contributed by atoms with E-state index in [4.69, 9.17) is 16.7 Å². The summed E-state index contributed by atoms with van der Waals surface area (Å²) in [5, 5.41) is 21.4. The number of amides is 1. The molecule has 0 spiro atoms. The summed E-state index contributed by atoms with van der Waals surface area (Å²) in [5.41, 5.74) is 0.195. The Morgan fingerprint density at radius 1 is 1.32 bits per heavy atom. The molecule has 5 nitrogen and oxygen atoms in total. The summed E-state index contributed by atoms with van der Waals surface area (Å²) < 4.78 is 0.654. The van der Waals surface area contributed by atoms with E-state index in [1.54, 1.807) is 6.07 Å². The second-order valence-electron chi connectivity index (χ2n) is 3.64. The lowest BCUT2D eigenvalue weighted by Gasteiger charge is -2.08. The van der Waals surface area contributed by atoms with Crippen molar-refractivity contribution in [3.05, 3.63) is 45.7 Å². The molecule has 0 saturated heterocycles. The second kappa shape index (κ2) is 5.46. The van der Waals surface area contributed by atoms with Crippen molar-refractivity contribution >= 4 is 39.1 Å². The van der Waals surface area contributed by atoms with E-state index in [0.29, 0.717) is 4.47 Å². The molecule has 1 aromatic heterocycles. The van der Waals surface area contributed by atoms with E-state index in [0.717, 1.165) is 6.07 Å². The van der Waals surface area contributed by atoms with E-state index in [2.05, 4.69) is 26.2 Å². The highest BCUT2D eigenvalue weighted by atomic mass is 79.9. The molecule has 0 aliphatic carbocycles. The number of phenols is 2. The van der Waals surface area contributed by atoms with E-state index in [1.807, 2.05) is 0 Å². The second-order valence-corrected chi connectivity index (χ2v) is 4.96. The molecule has 0 aliphatic rings. The number of carbonyl (C=O) groups excluding carboxylic acids is 1. The Balaban J connectivity index is 2.25.